The summed E-state index contributed by atoms with van der Waals surface area (Å²) >= 11 is 0. The molecule has 0 aliphatic heterocycles. The Bertz CT molecular complexity index is 630. The van der Waals surface area contributed by atoms with Gasteiger partial charge in [-0.15, -0.1) is 0 Å². The van der Waals surface area contributed by atoms with Crippen molar-refractivity contribution in [2.24, 2.45) is 0 Å². The summed E-state index contributed by atoms with van der Waals surface area (Å²) in [5.41, 5.74) is 0.406. The summed E-state index contributed by atoms with van der Waals surface area (Å²) in [4.78, 5) is 8.16. The number of aromatic nitrogens is 3. The van der Waals surface area contributed by atoms with Crippen LogP contribution in [-0.2, 0) is 11.3 Å². The van der Waals surface area contributed by atoms with Gasteiger partial charge in [0.25, 0.3) is 12.3 Å². The molecule has 0 radical (unpaired) electrons. The van der Waals surface area contributed by atoms with Crippen molar-refractivity contribution in [2.45, 2.75) is 44.8 Å². The topological polar surface area (TPSA) is 70.3 Å². The fourth-order valence-corrected chi connectivity index (χ4v) is 2.48. The molecule has 2 heterocycles. The fraction of sp³-hybridized carbons (Fsp3) is 0.533. The zero-order valence-electron chi connectivity index (χ0n) is 12.5. The molecule has 0 atom stereocenters. The molecule has 0 unspecified atom stereocenters. The van der Waals surface area contributed by atoms with E-state index in [1.54, 1.807) is 12.1 Å². The van der Waals surface area contributed by atoms with Gasteiger partial charge in [0.2, 0.25) is 11.7 Å². The van der Waals surface area contributed by atoms with Crippen LogP contribution in [0.15, 0.2) is 22.9 Å². The predicted molar refractivity (Wildman–Crippen MR) is 76.1 cm³/mol. The summed E-state index contributed by atoms with van der Waals surface area (Å²) < 4.78 is 40.4. The normalized spacial score (nSPS) is 15.4. The van der Waals surface area contributed by atoms with Crippen molar-refractivity contribution in [3.05, 3.63) is 24.2 Å². The molecule has 6 nitrogen and oxygen atoms in total. The molecule has 0 bridgehead atoms. The highest BCUT2D eigenvalue weighted by Gasteiger charge is 2.19. The van der Waals surface area contributed by atoms with Crippen molar-refractivity contribution in [1.82, 2.24) is 15.1 Å². The third kappa shape index (κ3) is 4.22. The van der Waals surface area contributed by atoms with E-state index in [1.807, 2.05) is 0 Å². The molecular weight excluding hydrogens is 308 g/mol. The molecule has 124 valence electrons. The summed E-state index contributed by atoms with van der Waals surface area (Å²) in [6.45, 7) is -0.495. The Morgan fingerprint density at radius 3 is 2.91 bits per heavy atom. The molecule has 1 aliphatic rings. The second-order valence-electron chi connectivity index (χ2n) is 5.29. The maximum atomic E-state index is 12.3. The standard InChI is InChI=1S/C15H17F2N3O3/c16-12(17)8-22-15-11(6-3-7-18-15)14-19-13(23-20-14)9-21-10-4-1-2-5-10/h3,6-7,10,12H,1-2,4-5,8-9H2. The third-order valence-corrected chi connectivity index (χ3v) is 3.57. The number of nitrogens with zero attached hydrogens (tertiary/aromatic N) is 3. The minimum absolute atomic E-state index is 0.0526. The molecule has 0 saturated heterocycles. The predicted octanol–water partition coefficient (Wildman–Crippen LogP) is 3.23. The summed E-state index contributed by atoms with van der Waals surface area (Å²) in [7, 11) is 0. The molecule has 0 amide bonds. The highest BCUT2D eigenvalue weighted by atomic mass is 19.3. The van der Waals surface area contributed by atoms with Crippen LogP contribution in [0.3, 0.4) is 0 Å². The first kappa shape index (κ1) is 15.8. The molecule has 23 heavy (non-hydrogen) atoms. The number of alkyl halides is 2. The van der Waals surface area contributed by atoms with E-state index in [2.05, 4.69) is 15.1 Å². The van der Waals surface area contributed by atoms with Crippen LogP contribution < -0.4 is 4.74 Å². The van der Waals surface area contributed by atoms with Crippen LogP contribution in [0.4, 0.5) is 8.78 Å². The Kier molecular flexibility index (Phi) is 5.12. The van der Waals surface area contributed by atoms with Crippen molar-refractivity contribution >= 4 is 0 Å². The molecule has 0 aromatic carbocycles. The van der Waals surface area contributed by atoms with Crippen molar-refractivity contribution in [1.29, 1.82) is 0 Å². The van der Waals surface area contributed by atoms with Crippen molar-refractivity contribution < 1.29 is 22.8 Å². The van der Waals surface area contributed by atoms with Gasteiger partial charge in [-0.3, -0.25) is 0 Å². The van der Waals surface area contributed by atoms with Gasteiger partial charge in [-0.05, 0) is 25.0 Å². The molecular formula is C15H17F2N3O3. The smallest absolute Gasteiger partial charge is 0.272 e. The van der Waals surface area contributed by atoms with Gasteiger partial charge in [-0.1, -0.05) is 18.0 Å². The van der Waals surface area contributed by atoms with Crippen LogP contribution in [0.25, 0.3) is 11.4 Å². The lowest BCUT2D eigenvalue weighted by atomic mass is 10.2. The lowest BCUT2D eigenvalue weighted by Gasteiger charge is -2.07. The molecule has 1 saturated carbocycles. The van der Waals surface area contributed by atoms with E-state index in [4.69, 9.17) is 14.0 Å². The first-order chi connectivity index (χ1) is 11.2. The van der Waals surface area contributed by atoms with Crippen molar-refractivity contribution in [3.63, 3.8) is 0 Å². The molecule has 1 aliphatic carbocycles. The Morgan fingerprint density at radius 2 is 2.13 bits per heavy atom. The van der Waals surface area contributed by atoms with Gasteiger partial charge in [0.05, 0.1) is 11.7 Å². The van der Waals surface area contributed by atoms with E-state index in [9.17, 15) is 8.78 Å². The van der Waals surface area contributed by atoms with Crippen LogP contribution in [0.1, 0.15) is 31.6 Å². The largest absolute Gasteiger partial charge is 0.471 e. The molecule has 1 fully saturated rings. The quantitative estimate of drug-likeness (QED) is 0.778. The van der Waals surface area contributed by atoms with Gasteiger partial charge in [0, 0.05) is 6.20 Å². The molecule has 2 aromatic heterocycles. The highest BCUT2D eigenvalue weighted by Crippen LogP contribution is 2.26. The Labute approximate surface area is 131 Å². The Morgan fingerprint density at radius 1 is 1.30 bits per heavy atom. The van der Waals surface area contributed by atoms with E-state index < -0.39 is 13.0 Å². The number of pyridine rings is 1. The summed E-state index contributed by atoms with van der Waals surface area (Å²) in [6, 6.07) is 3.29. The van der Waals surface area contributed by atoms with Crippen LogP contribution in [-0.4, -0.2) is 34.3 Å². The average molecular weight is 325 g/mol. The maximum Gasteiger partial charge on any atom is 0.272 e. The highest BCUT2D eigenvalue weighted by molar-refractivity contribution is 5.60. The van der Waals surface area contributed by atoms with E-state index in [1.165, 1.54) is 19.0 Å². The first-order valence-corrected chi connectivity index (χ1v) is 7.53. The SMILES string of the molecule is FC(F)COc1ncccc1-c1noc(COC2CCCC2)n1. The molecule has 8 heteroatoms. The van der Waals surface area contributed by atoms with E-state index in [0.29, 0.717) is 11.5 Å². The van der Waals surface area contributed by atoms with Crippen molar-refractivity contribution in [2.75, 3.05) is 6.61 Å². The van der Waals surface area contributed by atoms with E-state index >= 15 is 0 Å². The van der Waals surface area contributed by atoms with Crippen LogP contribution in [0.2, 0.25) is 0 Å². The first-order valence-electron chi connectivity index (χ1n) is 7.53. The minimum atomic E-state index is -2.58. The van der Waals surface area contributed by atoms with Crippen LogP contribution in [0, 0.1) is 0 Å². The zero-order chi connectivity index (χ0) is 16.1. The number of hydrogen-bond donors (Lipinski definition) is 0. The van der Waals surface area contributed by atoms with Gasteiger partial charge in [0.15, 0.2) is 6.61 Å². The second kappa shape index (κ2) is 7.45. The monoisotopic (exact) mass is 325 g/mol. The second-order valence-corrected chi connectivity index (χ2v) is 5.29. The zero-order valence-corrected chi connectivity index (χ0v) is 12.5. The number of rotatable bonds is 7. The number of ether oxygens (including phenoxy) is 2. The average Bonchev–Trinajstić information content (AvgIpc) is 3.22. The maximum absolute atomic E-state index is 12.3. The lowest BCUT2D eigenvalue weighted by molar-refractivity contribution is 0.0305. The van der Waals surface area contributed by atoms with E-state index in [-0.39, 0.29) is 24.4 Å². The molecule has 3 rings (SSSR count). The number of hydrogen-bond acceptors (Lipinski definition) is 6. The summed E-state index contributed by atoms with van der Waals surface area (Å²) in [5.74, 6) is 0.639. The van der Waals surface area contributed by atoms with Gasteiger partial charge < -0.3 is 14.0 Å². The molecule has 2 aromatic rings. The Hall–Kier alpha value is -2.09. The molecule has 0 N–H and O–H groups in total. The van der Waals surface area contributed by atoms with Crippen LogP contribution in [0.5, 0.6) is 5.88 Å². The fourth-order valence-electron chi connectivity index (χ4n) is 2.48. The van der Waals surface area contributed by atoms with Gasteiger partial charge in [-0.25, -0.2) is 13.8 Å². The molecule has 0 spiro atoms. The third-order valence-electron chi connectivity index (χ3n) is 3.57. The minimum Gasteiger partial charge on any atom is -0.471 e. The van der Waals surface area contributed by atoms with Gasteiger partial charge in [-0.2, -0.15) is 4.98 Å². The van der Waals surface area contributed by atoms with Gasteiger partial charge >= 0.3 is 0 Å². The summed E-state index contributed by atoms with van der Waals surface area (Å²) in [5, 5.41) is 3.85. The number of halogens is 2. The Balaban J connectivity index is 1.67. The van der Waals surface area contributed by atoms with E-state index in [0.717, 1.165) is 12.8 Å². The van der Waals surface area contributed by atoms with Crippen molar-refractivity contribution in [3.8, 4) is 17.3 Å². The van der Waals surface area contributed by atoms with Gasteiger partial charge in [0.1, 0.15) is 6.61 Å². The summed E-state index contributed by atoms with van der Waals surface area (Å²) in [6.07, 6.45) is 3.58. The lowest BCUT2D eigenvalue weighted by Crippen LogP contribution is -2.09. The van der Waals surface area contributed by atoms with Crippen LogP contribution >= 0.6 is 0 Å².